The van der Waals surface area contributed by atoms with Crippen molar-refractivity contribution in [3.63, 3.8) is 0 Å². The lowest BCUT2D eigenvalue weighted by Gasteiger charge is -2.10. The van der Waals surface area contributed by atoms with E-state index in [4.69, 9.17) is 4.74 Å². The van der Waals surface area contributed by atoms with E-state index in [0.717, 1.165) is 10.9 Å². The van der Waals surface area contributed by atoms with Crippen LogP contribution in [0.25, 0.3) is 22.2 Å². The Bertz CT molecular complexity index is 740. The summed E-state index contributed by atoms with van der Waals surface area (Å²) in [5, 5.41) is 0.972. The Morgan fingerprint density at radius 2 is 1.74 bits per heavy atom. The van der Waals surface area contributed by atoms with Gasteiger partial charge in [0.15, 0.2) is 0 Å². The van der Waals surface area contributed by atoms with E-state index < -0.39 is 0 Å². The van der Waals surface area contributed by atoms with Crippen LogP contribution >= 0.6 is 0 Å². The van der Waals surface area contributed by atoms with Gasteiger partial charge >= 0.3 is 0 Å². The van der Waals surface area contributed by atoms with Gasteiger partial charge < -0.3 is 4.74 Å². The first kappa shape index (κ1) is 11.7. The molecule has 0 atom stereocenters. The molecule has 0 saturated heterocycles. The van der Waals surface area contributed by atoms with E-state index in [0.29, 0.717) is 17.0 Å². The quantitative estimate of drug-likeness (QED) is 0.687. The van der Waals surface area contributed by atoms with Gasteiger partial charge in [0.1, 0.15) is 17.3 Å². The molecule has 1 heterocycles. The number of nitrogens with zero attached hydrogens (tertiary/aromatic N) is 1. The summed E-state index contributed by atoms with van der Waals surface area (Å²) in [4.78, 5) is 4.51. The molecule has 2 nitrogen and oxygen atoms in total. The maximum absolute atomic E-state index is 13.9. The molecule has 1 aromatic heterocycles. The number of methoxy groups -OCH3 is 1. The Labute approximate surface area is 110 Å². The first-order valence-corrected chi connectivity index (χ1v) is 5.98. The van der Waals surface area contributed by atoms with Crippen molar-refractivity contribution in [1.29, 1.82) is 0 Å². The van der Waals surface area contributed by atoms with Gasteiger partial charge in [-0.1, -0.05) is 30.3 Å². The molecule has 0 radical (unpaired) electrons. The van der Waals surface area contributed by atoms with Crippen molar-refractivity contribution in [1.82, 2.24) is 4.98 Å². The lowest BCUT2D eigenvalue weighted by atomic mass is 10.1. The zero-order valence-electron chi connectivity index (χ0n) is 10.4. The molecule has 2 aromatic carbocycles. The van der Waals surface area contributed by atoms with Crippen LogP contribution in [0, 0.1) is 5.82 Å². The van der Waals surface area contributed by atoms with Crippen LogP contribution in [0.15, 0.2) is 54.6 Å². The summed E-state index contributed by atoms with van der Waals surface area (Å²) in [5.74, 6) is 0.271. The summed E-state index contributed by atoms with van der Waals surface area (Å²) in [6.45, 7) is 0. The third-order valence-electron chi connectivity index (χ3n) is 3.04. The number of benzene rings is 2. The number of ether oxygens (including phenoxy) is 1. The molecule has 19 heavy (non-hydrogen) atoms. The zero-order valence-corrected chi connectivity index (χ0v) is 10.4. The fourth-order valence-electron chi connectivity index (χ4n) is 2.10. The van der Waals surface area contributed by atoms with Gasteiger partial charge in [0.05, 0.1) is 12.6 Å². The molecule has 0 aliphatic carbocycles. The minimum atomic E-state index is -0.302. The van der Waals surface area contributed by atoms with E-state index in [-0.39, 0.29) is 5.82 Å². The zero-order chi connectivity index (χ0) is 13.2. The molecule has 0 spiro atoms. The molecule has 3 heteroatoms. The maximum atomic E-state index is 13.9. The molecule has 0 aliphatic heterocycles. The van der Waals surface area contributed by atoms with Crippen molar-refractivity contribution in [2.45, 2.75) is 0 Å². The predicted octanol–water partition coefficient (Wildman–Crippen LogP) is 4.05. The van der Waals surface area contributed by atoms with Crippen molar-refractivity contribution < 1.29 is 9.13 Å². The highest BCUT2D eigenvalue weighted by molar-refractivity contribution is 5.84. The second kappa shape index (κ2) is 4.69. The highest BCUT2D eigenvalue weighted by Gasteiger charge is 2.13. The van der Waals surface area contributed by atoms with Crippen LogP contribution in [0.3, 0.4) is 0 Å². The van der Waals surface area contributed by atoms with Gasteiger partial charge in [-0.3, -0.25) is 0 Å². The van der Waals surface area contributed by atoms with E-state index in [1.807, 2.05) is 30.3 Å². The van der Waals surface area contributed by atoms with Gasteiger partial charge in [-0.25, -0.2) is 9.37 Å². The van der Waals surface area contributed by atoms with Gasteiger partial charge in [-0.2, -0.15) is 0 Å². The first-order valence-electron chi connectivity index (χ1n) is 5.98. The Balaban J connectivity index is 2.31. The molecule has 0 saturated carbocycles. The normalized spacial score (nSPS) is 10.6. The van der Waals surface area contributed by atoms with Crippen molar-refractivity contribution in [3.8, 4) is 17.0 Å². The summed E-state index contributed by atoms with van der Waals surface area (Å²) < 4.78 is 19.2. The van der Waals surface area contributed by atoms with Crippen LogP contribution in [0.4, 0.5) is 4.39 Å². The van der Waals surface area contributed by atoms with E-state index in [2.05, 4.69) is 4.98 Å². The minimum absolute atomic E-state index is 0.302. The SMILES string of the molecule is COc1cc2ccccc2nc1-c1ccccc1F. The monoisotopic (exact) mass is 253 g/mol. The van der Waals surface area contributed by atoms with Gasteiger partial charge in [0.25, 0.3) is 0 Å². The molecule has 0 amide bonds. The molecular formula is C16H12FNO. The number of rotatable bonds is 2. The van der Waals surface area contributed by atoms with Gasteiger partial charge in [0.2, 0.25) is 0 Å². The fourth-order valence-corrected chi connectivity index (χ4v) is 2.10. The smallest absolute Gasteiger partial charge is 0.145 e. The van der Waals surface area contributed by atoms with Crippen LogP contribution < -0.4 is 4.74 Å². The van der Waals surface area contributed by atoms with E-state index in [1.165, 1.54) is 6.07 Å². The summed E-state index contributed by atoms with van der Waals surface area (Å²) in [6, 6.07) is 16.2. The number of hydrogen-bond donors (Lipinski definition) is 0. The molecule has 3 rings (SSSR count). The highest BCUT2D eigenvalue weighted by Crippen LogP contribution is 2.32. The van der Waals surface area contributed by atoms with E-state index in [9.17, 15) is 4.39 Å². The van der Waals surface area contributed by atoms with Crippen LogP contribution in [0.5, 0.6) is 5.75 Å². The number of para-hydroxylation sites is 1. The molecule has 0 unspecified atom stereocenters. The number of pyridine rings is 1. The summed E-state index contributed by atoms with van der Waals surface area (Å²) in [5.41, 5.74) is 1.80. The Morgan fingerprint density at radius 1 is 1.00 bits per heavy atom. The van der Waals surface area contributed by atoms with Crippen LogP contribution in [0.1, 0.15) is 0 Å². The summed E-state index contributed by atoms with van der Waals surface area (Å²) in [7, 11) is 1.57. The first-order chi connectivity index (χ1) is 9.29. The van der Waals surface area contributed by atoms with Crippen molar-refractivity contribution in [2.75, 3.05) is 7.11 Å². The minimum Gasteiger partial charge on any atom is -0.494 e. The molecule has 0 aliphatic rings. The van der Waals surface area contributed by atoms with Crippen molar-refractivity contribution in [2.24, 2.45) is 0 Å². The molecular weight excluding hydrogens is 241 g/mol. The standard InChI is InChI=1S/C16H12FNO/c1-19-15-10-11-6-2-5-9-14(11)18-16(15)12-7-3-4-8-13(12)17/h2-10H,1H3. The third-order valence-corrected chi connectivity index (χ3v) is 3.04. The van der Waals surface area contributed by atoms with Gasteiger partial charge in [-0.15, -0.1) is 0 Å². The summed E-state index contributed by atoms with van der Waals surface area (Å²) >= 11 is 0. The largest absolute Gasteiger partial charge is 0.494 e. The molecule has 0 N–H and O–H groups in total. The number of fused-ring (bicyclic) bond motifs is 1. The number of aromatic nitrogens is 1. The Morgan fingerprint density at radius 3 is 2.53 bits per heavy atom. The van der Waals surface area contributed by atoms with Gasteiger partial charge in [-0.05, 0) is 24.3 Å². The number of halogens is 1. The maximum Gasteiger partial charge on any atom is 0.145 e. The Hall–Kier alpha value is -2.42. The van der Waals surface area contributed by atoms with E-state index in [1.54, 1.807) is 25.3 Å². The molecule has 0 fully saturated rings. The van der Waals surface area contributed by atoms with Crippen LogP contribution in [-0.2, 0) is 0 Å². The third kappa shape index (κ3) is 2.03. The lowest BCUT2D eigenvalue weighted by Crippen LogP contribution is -1.94. The topological polar surface area (TPSA) is 22.1 Å². The molecule has 0 bridgehead atoms. The number of hydrogen-bond acceptors (Lipinski definition) is 2. The van der Waals surface area contributed by atoms with Crippen LogP contribution in [-0.4, -0.2) is 12.1 Å². The second-order valence-electron chi connectivity index (χ2n) is 4.21. The van der Waals surface area contributed by atoms with Crippen LogP contribution in [0.2, 0.25) is 0 Å². The molecule has 94 valence electrons. The molecule has 3 aromatic rings. The van der Waals surface area contributed by atoms with E-state index >= 15 is 0 Å². The average molecular weight is 253 g/mol. The Kier molecular flexibility index (Phi) is 2.88. The summed E-state index contributed by atoms with van der Waals surface area (Å²) in [6.07, 6.45) is 0. The lowest BCUT2D eigenvalue weighted by molar-refractivity contribution is 0.415. The van der Waals surface area contributed by atoms with Gasteiger partial charge in [0, 0.05) is 10.9 Å². The second-order valence-corrected chi connectivity index (χ2v) is 4.21. The van der Waals surface area contributed by atoms with Crippen molar-refractivity contribution >= 4 is 10.9 Å². The predicted molar refractivity (Wildman–Crippen MR) is 73.7 cm³/mol. The fraction of sp³-hybridized carbons (Fsp3) is 0.0625. The highest BCUT2D eigenvalue weighted by atomic mass is 19.1. The van der Waals surface area contributed by atoms with Crippen molar-refractivity contribution in [3.05, 3.63) is 60.4 Å². The average Bonchev–Trinajstić information content (AvgIpc) is 2.46.